The third kappa shape index (κ3) is 1.42. The van der Waals surface area contributed by atoms with Crippen molar-refractivity contribution in [1.82, 2.24) is 5.32 Å². The minimum absolute atomic E-state index is 0.787. The van der Waals surface area contributed by atoms with Crippen molar-refractivity contribution >= 4 is 0 Å². The summed E-state index contributed by atoms with van der Waals surface area (Å²) in [5, 5.41) is 3.64. The Bertz CT molecular complexity index is 183. The van der Waals surface area contributed by atoms with Gasteiger partial charge in [0.15, 0.2) is 0 Å². The average molecular weight is 165 g/mol. The molecule has 68 valence electrons. The molecule has 2 rings (SSSR count). The van der Waals surface area contributed by atoms with Crippen LogP contribution in [-0.4, -0.2) is 12.6 Å². The molecule has 12 heavy (non-hydrogen) atoms. The molecule has 0 spiro atoms. The normalized spacial score (nSPS) is 38.4. The molecular weight excluding hydrogens is 146 g/mol. The monoisotopic (exact) mass is 165 g/mol. The van der Waals surface area contributed by atoms with Crippen LogP contribution in [0.5, 0.6) is 0 Å². The van der Waals surface area contributed by atoms with E-state index in [2.05, 4.69) is 31.3 Å². The van der Waals surface area contributed by atoms with E-state index in [9.17, 15) is 0 Å². The average Bonchev–Trinajstić information content (AvgIpc) is 2.32. The smallest absolute Gasteiger partial charge is 0.0136 e. The Morgan fingerprint density at radius 3 is 3.00 bits per heavy atom. The van der Waals surface area contributed by atoms with Crippen LogP contribution in [0.15, 0.2) is 12.2 Å². The Kier molecular flexibility index (Phi) is 2.22. The summed E-state index contributed by atoms with van der Waals surface area (Å²) in [6, 6.07) is 0.802. The standard InChI is InChI=1S/C11H19N/c1-8(2)7-12-11-6-9-4-3-5-10(9)11/h3,5,8-12H,4,6-7H2,1-2H3. The van der Waals surface area contributed by atoms with E-state index in [-0.39, 0.29) is 0 Å². The van der Waals surface area contributed by atoms with Gasteiger partial charge < -0.3 is 5.32 Å². The molecule has 0 saturated heterocycles. The van der Waals surface area contributed by atoms with Gasteiger partial charge in [-0.15, -0.1) is 0 Å². The lowest BCUT2D eigenvalue weighted by Crippen LogP contribution is -2.48. The lowest BCUT2D eigenvalue weighted by atomic mass is 9.71. The first kappa shape index (κ1) is 8.31. The van der Waals surface area contributed by atoms with Crippen molar-refractivity contribution in [1.29, 1.82) is 0 Å². The molecule has 1 N–H and O–H groups in total. The second-order valence-corrected chi connectivity index (χ2v) is 4.65. The second kappa shape index (κ2) is 3.21. The zero-order valence-corrected chi connectivity index (χ0v) is 8.09. The van der Waals surface area contributed by atoms with Gasteiger partial charge in [-0.2, -0.15) is 0 Å². The van der Waals surface area contributed by atoms with Crippen LogP contribution < -0.4 is 5.32 Å². The van der Waals surface area contributed by atoms with Crippen molar-refractivity contribution in [3.05, 3.63) is 12.2 Å². The summed E-state index contributed by atoms with van der Waals surface area (Å²) >= 11 is 0. The molecule has 3 unspecified atom stereocenters. The van der Waals surface area contributed by atoms with E-state index >= 15 is 0 Å². The van der Waals surface area contributed by atoms with Gasteiger partial charge in [-0.25, -0.2) is 0 Å². The molecule has 0 radical (unpaired) electrons. The molecule has 0 amide bonds. The first-order valence-corrected chi connectivity index (χ1v) is 5.17. The highest BCUT2D eigenvalue weighted by Gasteiger charge is 2.40. The first-order valence-electron chi connectivity index (χ1n) is 5.17. The Morgan fingerprint density at radius 2 is 2.33 bits per heavy atom. The van der Waals surface area contributed by atoms with Crippen LogP contribution in [0.2, 0.25) is 0 Å². The molecule has 3 atom stereocenters. The van der Waals surface area contributed by atoms with Gasteiger partial charge in [0.25, 0.3) is 0 Å². The Balaban J connectivity index is 1.74. The van der Waals surface area contributed by atoms with E-state index in [4.69, 9.17) is 0 Å². The number of fused-ring (bicyclic) bond motifs is 1. The van der Waals surface area contributed by atoms with Gasteiger partial charge in [0.2, 0.25) is 0 Å². The SMILES string of the molecule is CC(C)CNC1CC2CC=CC21. The summed E-state index contributed by atoms with van der Waals surface area (Å²) in [4.78, 5) is 0. The molecule has 2 aliphatic rings. The maximum absolute atomic E-state index is 3.64. The van der Waals surface area contributed by atoms with Crippen molar-refractivity contribution in [2.75, 3.05) is 6.54 Å². The first-order chi connectivity index (χ1) is 5.77. The summed E-state index contributed by atoms with van der Waals surface area (Å²) < 4.78 is 0. The summed E-state index contributed by atoms with van der Waals surface area (Å²) in [6.07, 6.45) is 7.51. The Hall–Kier alpha value is -0.300. The predicted molar refractivity (Wildman–Crippen MR) is 52.0 cm³/mol. The van der Waals surface area contributed by atoms with Crippen molar-refractivity contribution in [2.45, 2.75) is 32.7 Å². The molecule has 0 heterocycles. The van der Waals surface area contributed by atoms with Crippen LogP contribution in [0.3, 0.4) is 0 Å². The van der Waals surface area contributed by atoms with E-state index < -0.39 is 0 Å². The number of allylic oxidation sites excluding steroid dienone is 1. The second-order valence-electron chi connectivity index (χ2n) is 4.65. The molecule has 0 aromatic heterocycles. The maximum atomic E-state index is 3.64. The molecule has 2 aliphatic carbocycles. The Morgan fingerprint density at radius 1 is 1.50 bits per heavy atom. The van der Waals surface area contributed by atoms with Crippen molar-refractivity contribution in [3.8, 4) is 0 Å². The third-order valence-electron chi connectivity index (χ3n) is 3.15. The number of hydrogen-bond acceptors (Lipinski definition) is 1. The number of nitrogens with one attached hydrogen (secondary N) is 1. The highest BCUT2D eigenvalue weighted by atomic mass is 14.9. The van der Waals surface area contributed by atoms with E-state index in [0.717, 1.165) is 23.8 Å². The zero-order valence-electron chi connectivity index (χ0n) is 8.09. The van der Waals surface area contributed by atoms with Gasteiger partial charge in [0.1, 0.15) is 0 Å². The van der Waals surface area contributed by atoms with E-state index in [1.54, 1.807) is 0 Å². The van der Waals surface area contributed by atoms with Crippen LogP contribution in [0, 0.1) is 17.8 Å². The summed E-state index contributed by atoms with van der Waals surface area (Å²) in [5.74, 6) is 2.66. The van der Waals surface area contributed by atoms with Gasteiger partial charge in [0.05, 0.1) is 0 Å². The van der Waals surface area contributed by atoms with Crippen LogP contribution >= 0.6 is 0 Å². The minimum atomic E-state index is 0.787. The molecule has 0 aromatic carbocycles. The third-order valence-corrected chi connectivity index (χ3v) is 3.15. The summed E-state index contributed by atoms with van der Waals surface area (Å²) in [7, 11) is 0. The number of rotatable bonds is 3. The van der Waals surface area contributed by atoms with Crippen LogP contribution in [0.1, 0.15) is 26.7 Å². The number of hydrogen-bond donors (Lipinski definition) is 1. The largest absolute Gasteiger partial charge is 0.313 e. The minimum Gasteiger partial charge on any atom is -0.313 e. The van der Waals surface area contributed by atoms with Crippen molar-refractivity contribution in [2.24, 2.45) is 17.8 Å². The topological polar surface area (TPSA) is 12.0 Å². The molecule has 0 aliphatic heterocycles. The van der Waals surface area contributed by atoms with E-state index in [1.165, 1.54) is 19.4 Å². The van der Waals surface area contributed by atoms with Gasteiger partial charge in [-0.3, -0.25) is 0 Å². The van der Waals surface area contributed by atoms with Crippen molar-refractivity contribution < 1.29 is 0 Å². The van der Waals surface area contributed by atoms with Crippen LogP contribution in [0.4, 0.5) is 0 Å². The fraction of sp³-hybridized carbons (Fsp3) is 0.818. The molecule has 1 heteroatoms. The van der Waals surface area contributed by atoms with E-state index in [1.807, 2.05) is 0 Å². The van der Waals surface area contributed by atoms with Crippen LogP contribution in [-0.2, 0) is 0 Å². The zero-order chi connectivity index (χ0) is 8.55. The molecule has 1 fully saturated rings. The van der Waals surface area contributed by atoms with E-state index in [0.29, 0.717) is 0 Å². The lowest BCUT2D eigenvalue weighted by Gasteiger charge is -2.41. The van der Waals surface area contributed by atoms with Crippen LogP contribution in [0.25, 0.3) is 0 Å². The predicted octanol–water partition coefficient (Wildman–Crippen LogP) is 2.20. The summed E-state index contributed by atoms with van der Waals surface area (Å²) in [6.45, 7) is 5.73. The molecular formula is C11H19N. The van der Waals surface area contributed by atoms with Crippen molar-refractivity contribution in [3.63, 3.8) is 0 Å². The summed E-state index contributed by atoms with van der Waals surface area (Å²) in [5.41, 5.74) is 0. The van der Waals surface area contributed by atoms with Gasteiger partial charge in [0, 0.05) is 6.04 Å². The quantitative estimate of drug-likeness (QED) is 0.632. The Labute approximate surface area is 75.2 Å². The highest BCUT2D eigenvalue weighted by Crippen LogP contribution is 2.42. The highest BCUT2D eigenvalue weighted by molar-refractivity contribution is 5.12. The van der Waals surface area contributed by atoms with Gasteiger partial charge in [-0.05, 0) is 37.1 Å². The van der Waals surface area contributed by atoms with Gasteiger partial charge >= 0.3 is 0 Å². The van der Waals surface area contributed by atoms with Gasteiger partial charge in [-0.1, -0.05) is 26.0 Å². The molecule has 0 bridgehead atoms. The molecule has 1 saturated carbocycles. The molecule has 0 aromatic rings. The molecule has 1 nitrogen and oxygen atoms in total. The fourth-order valence-electron chi connectivity index (χ4n) is 2.33. The lowest BCUT2D eigenvalue weighted by molar-refractivity contribution is 0.160. The fourth-order valence-corrected chi connectivity index (χ4v) is 2.33. The maximum Gasteiger partial charge on any atom is 0.0136 e.